The zero-order valence-corrected chi connectivity index (χ0v) is 16.3. The SMILES string of the molecule is COc1ccc(OC)c(NC(=O)c2oc3ccccc3c2NC(=O)[C@@H](C)Cl)c1. The zero-order valence-electron chi connectivity index (χ0n) is 15.5. The van der Waals surface area contributed by atoms with Crippen LogP contribution in [0.5, 0.6) is 11.5 Å². The number of anilines is 2. The molecule has 7 nitrogen and oxygen atoms in total. The summed E-state index contributed by atoms with van der Waals surface area (Å²) in [4.78, 5) is 25.1. The molecule has 146 valence electrons. The first-order chi connectivity index (χ1) is 13.4. The van der Waals surface area contributed by atoms with Gasteiger partial charge in [0, 0.05) is 11.5 Å². The highest BCUT2D eigenvalue weighted by Crippen LogP contribution is 2.34. The van der Waals surface area contributed by atoms with Crippen LogP contribution in [-0.2, 0) is 4.79 Å². The highest BCUT2D eigenvalue weighted by Gasteiger charge is 2.24. The van der Waals surface area contributed by atoms with Crippen molar-refractivity contribution in [1.29, 1.82) is 0 Å². The minimum absolute atomic E-state index is 0.0447. The quantitative estimate of drug-likeness (QED) is 0.601. The summed E-state index contributed by atoms with van der Waals surface area (Å²) in [6.45, 7) is 1.54. The fourth-order valence-corrected chi connectivity index (χ4v) is 2.70. The normalized spacial score (nSPS) is 11.7. The highest BCUT2D eigenvalue weighted by molar-refractivity contribution is 6.33. The zero-order chi connectivity index (χ0) is 20.3. The minimum Gasteiger partial charge on any atom is -0.497 e. The van der Waals surface area contributed by atoms with Crippen LogP contribution in [0.1, 0.15) is 17.5 Å². The molecule has 2 amide bonds. The van der Waals surface area contributed by atoms with Crippen molar-refractivity contribution in [3.05, 3.63) is 48.2 Å². The summed E-state index contributed by atoms with van der Waals surface area (Å²) < 4.78 is 16.2. The first-order valence-electron chi connectivity index (χ1n) is 8.44. The molecule has 0 bridgehead atoms. The molecule has 3 aromatic rings. The number of amides is 2. The number of hydrogen-bond acceptors (Lipinski definition) is 5. The summed E-state index contributed by atoms with van der Waals surface area (Å²) >= 11 is 5.86. The van der Waals surface area contributed by atoms with Crippen LogP contribution < -0.4 is 20.1 Å². The van der Waals surface area contributed by atoms with Crippen molar-refractivity contribution in [2.75, 3.05) is 24.9 Å². The van der Waals surface area contributed by atoms with Crippen LogP contribution in [-0.4, -0.2) is 31.4 Å². The number of fused-ring (bicyclic) bond motifs is 1. The van der Waals surface area contributed by atoms with Crippen LogP contribution in [0.4, 0.5) is 11.4 Å². The fourth-order valence-electron chi connectivity index (χ4n) is 2.64. The molecule has 3 rings (SSSR count). The fraction of sp³-hybridized carbons (Fsp3) is 0.200. The number of halogens is 1. The number of hydrogen-bond donors (Lipinski definition) is 2. The van der Waals surface area contributed by atoms with Crippen molar-refractivity contribution >= 4 is 45.8 Å². The van der Waals surface area contributed by atoms with Crippen molar-refractivity contribution in [2.24, 2.45) is 0 Å². The van der Waals surface area contributed by atoms with Crippen molar-refractivity contribution in [3.8, 4) is 11.5 Å². The number of methoxy groups -OCH3 is 2. The molecule has 8 heteroatoms. The number of para-hydroxylation sites is 1. The van der Waals surface area contributed by atoms with Crippen LogP contribution in [0.2, 0.25) is 0 Å². The predicted octanol–water partition coefficient (Wildman–Crippen LogP) is 4.27. The summed E-state index contributed by atoms with van der Waals surface area (Å²) in [7, 11) is 3.01. The van der Waals surface area contributed by atoms with E-state index in [1.165, 1.54) is 14.2 Å². The first kappa shape index (κ1) is 19.6. The predicted molar refractivity (Wildman–Crippen MR) is 108 cm³/mol. The van der Waals surface area contributed by atoms with E-state index >= 15 is 0 Å². The second kappa shape index (κ2) is 8.22. The molecule has 1 heterocycles. The first-order valence-corrected chi connectivity index (χ1v) is 8.88. The lowest BCUT2D eigenvalue weighted by molar-refractivity contribution is -0.115. The average Bonchev–Trinajstić information content (AvgIpc) is 3.06. The Hall–Kier alpha value is -3.19. The summed E-state index contributed by atoms with van der Waals surface area (Å²) in [6, 6.07) is 12.0. The molecule has 28 heavy (non-hydrogen) atoms. The Labute approximate surface area is 166 Å². The van der Waals surface area contributed by atoms with Gasteiger partial charge in [-0.2, -0.15) is 0 Å². The Morgan fingerprint density at radius 2 is 1.82 bits per heavy atom. The molecule has 0 aliphatic carbocycles. The number of furan rings is 1. The largest absolute Gasteiger partial charge is 0.497 e. The standard InChI is InChI=1S/C20H19ClN2O5/c1-11(21)19(24)23-17-13-6-4-5-7-15(13)28-18(17)20(25)22-14-10-12(26-2)8-9-16(14)27-3/h4-11H,1-3H3,(H,22,25)(H,23,24)/t11-/m1/s1. The van der Waals surface area contributed by atoms with E-state index in [-0.39, 0.29) is 11.4 Å². The molecular formula is C20H19ClN2O5. The topological polar surface area (TPSA) is 89.8 Å². The Bertz CT molecular complexity index is 1030. The van der Waals surface area contributed by atoms with Gasteiger partial charge in [-0.1, -0.05) is 12.1 Å². The third-order valence-electron chi connectivity index (χ3n) is 4.07. The molecule has 0 aliphatic rings. The van der Waals surface area contributed by atoms with Crippen molar-refractivity contribution in [3.63, 3.8) is 0 Å². The Morgan fingerprint density at radius 1 is 1.07 bits per heavy atom. The van der Waals surface area contributed by atoms with E-state index in [1.807, 2.05) is 0 Å². The van der Waals surface area contributed by atoms with Crippen LogP contribution in [0, 0.1) is 0 Å². The molecule has 0 radical (unpaired) electrons. The molecule has 2 N–H and O–H groups in total. The molecular weight excluding hydrogens is 384 g/mol. The van der Waals surface area contributed by atoms with Crippen molar-refractivity contribution in [2.45, 2.75) is 12.3 Å². The number of rotatable bonds is 6. The second-order valence-corrected chi connectivity index (χ2v) is 6.58. The van der Waals surface area contributed by atoms with Crippen molar-refractivity contribution in [1.82, 2.24) is 0 Å². The molecule has 0 aliphatic heterocycles. The van der Waals surface area contributed by atoms with E-state index < -0.39 is 17.2 Å². The van der Waals surface area contributed by atoms with E-state index in [0.717, 1.165) is 0 Å². The van der Waals surface area contributed by atoms with E-state index in [1.54, 1.807) is 49.4 Å². The van der Waals surface area contributed by atoms with Gasteiger partial charge in [0.25, 0.3) is 5.91 Å². The van der Waals surface area contributed by atoms with Crippen LogP contribution in [0.3, 0.4) is 0 Å². The smallest absolute Gasteiger partial charge is 0.293 e. The van der Waals surface area contributed by atoms with Gasteiger partial charge in [0.2, 0.25) is 11.7 Å². The number of alkyl halides is 1. The molecule has 2 aromatic carbocycles. The number of nitrogens with one attached hydrogen (secondary N) is 2. The van der Waals surface area contributed by atoms with Gasteiger partial charge in [-0.05, 0) is 31.2 Å². The number of carbonyl (C=O) groups excluding carboxylic acids is 2. The summed E-state index contributed by atoms with van der Waals surface area (Å²) in [6.07, 6.45) is 0. The van der Waals surface area contributed by atoms with E-state index in [2.05, 4.69) is 10.6 Å². The van der Waals surface area contributed by atoms with E-state index in [4.69, 9.17) is 25.5 Å². The summed E-state index contributed by atoms with van der Waals surface area (Å²) in [5, 5.41) is 5.22. The molecule has 0 saturated heterocycles. The van der Waals surface area contributed by atoms with Crippen LogP contribution >= 0.6 is 11.6 Å². The Balaban J connectivity index is 2.01. The van der Waals surface area contributed by atoms with Crippen LogP contribution in [0.25, 0.3) is 11.0 Å². The summed E-state index contributed by atoms with van der Waals surface area (Å²) in [5.41, 5.74) is 1.12. The third-order valence-corrected chi connectivity index (χ3v) is 4.26. The summed E-state index contributed by atoms with van der Waals surface area (Å²) in [5.74, 6) is -0.0475. The van der Waals surface area contributed by atoms with Gasteiger partial charge in [0.05, 0.1) is 19.9 Å². The monoisotopic (exact) mass is 402 g/mol. The number of benzene rings is 2. The van der Waals surface area contributed by atoms with Gasteiger partial charge >= 0.3 is 0 Å². The lowest BCUT2D eigenvalue weighted by Gasteiger charge is -2.12. The molecule has 1 atom stereocenters. The maximum atomic E-state index is 12.9. The lowest BCUT2D eigenvalue weighted by Crippen LogP contribution is -2.22. The lowest BCUT2D eigenvalue weighted by atomic mass is 10.2. The van der Waals surface area contributed by atoms with Crippen LogP contribution in [0.15, 0.2) is 46.9 Å². The van der Waals surface area contributed by atoms with E-state index in [0.29, 0.717) is 28.2 Å². The molecule has 0 unspecified atom stereocenters. The Kier molecular flexibility index (Phi) is 5.75. The Morgan fingerprint density at radius 3 is 2.50 bits per heavy atom. The van der Waals surface area contributed by atoms with E-state index in [9.17, 15) is 9.59 Å². The van der Waals surface area contributed by atoms with Gasteiger partial charge in [0.1, 0.15) is 28.1 Å². The molecule has 0 spiro atoms. The average molecular weight is 403 g/mol. The van der Waals surface area contributed by atoms with Gasteiger partial charge in [-0.25, -0.2) is 0 Å². The highest BCUT2D eigenvalue weighted by atomic mass is 35.5. The van der Waals surface area contributed by atoms with Gasteiger partial charge in [-0.3, -0.25) is 9.59 Å². The number of carbonyl (C=O) groups is 2. The minimum atomic E-state index is -0.775. The molecule has 0 saturated carbocycles. The number of ether oxygens (including phenoxy) is 2. The van der Waals surface area contributed by atoms with Gasteiger partial charge in [0.15, 0.2) is 0 Å². The molecule has 1 aromatic heterocycles. The van der Waals surface area contributed by atoms with Gasteiger partial charge < -0.3 is 24.5 Å². The third kappa shape index (κ3) is 3.89. The second-order valence-electron chi connectivity index (χ2n) is 5.93. The van der Waals surface area contributed by atoms with Gasteiger partial charge in [-0.15, -0.1) is 11.6 Å². The maximum absolute atomic E-state index is 12.9. The maximum Gasteiger partial charge on any atom is 0.293 e. The van der Waals surface area contributed by atoms with Crippen molar-refractivity contribution < 1.29 is 23.5 Å². The molecule has 0 fully saturated rings.